The molecule has 1 aromatic heterocycles. The lowest BCUT2D eigenvalue weighted by Gasteiger charge is -2.31. The number of hydrogen-bond acceptors (Lipinski definition) is 5. The van der Waals surface area contributed by atoms with E-state index < -0.39 is 0 Å². The minimum atomic E-state index is -0.234. The van der Waals surface area contributed by atoms with Crippen molar-refractivity contribution >= 4 is 17.8 Å². The third-order valence-electron chi connectivity index (χ3n) is 5.18. The zero-order chi connectivity index (χ0) is 18.4. The molecule has 2 amide bonds. The predicted octanol–water partition coefficient (Wildman–Crippen LogP) is 2.17. The number of aromatic nitrogens is 1. The van der Waals surface area contributed by atoms with Crippen molar-refractivity contribution in [3.05, 3.63) is 23.9 Å². The van der Waals surface area contributed by atoms with Gasteiger partial charge in [-0.05, 0) is 49.8 Å². The molecule has 2 saturated heterocycles. The standard InChI is InChI=1S/C19H28N4O3/c1-26-18(24)16-6-5-11-23(14-16)19(25)21-13-15-7-8-20-17(12-15)22-9-3-2-4-10-22/h7-8,12,16H,2-6,9-11,13-14H2,1H3,(H,21,25). The summed E-state index contributed by atoms with van der Waals surface area (Å²) in [5.74, 6) is 0.536. The second kappa shape index (κ2) is 8.87. The van der Waals surface area contributed by atoms with Crippen LogP contribution in [0.2, 0.25) is 0 Å². The zero-order valence-corrected chi connectivity index (χ0v) is 15.4. The average molecular weight is 360 g/mol. The van der Waals surface area contributed by atoms with E-state index >= 15 is 0 Å². The van der Waals surface area contributed by atoms with Gasteiger partial charge in [0.25, 0.3) is 0 Å². The third-order valence-corrected chi connectivity index (χ3v) is 5.18. The van der Waals surface area contributed by atoms with Crippen molar-refractivity contribution in [2.45, 2.75) is 38.6 Å². The number of carbonyl (C=O) groups excluding carboxylic acids is 2. The predicted molar refractivity (Wildman–Crippen MR) is 98.8 cm³/mol. The summed E-state index contributed by atoms with van der Waals surface area (Å²) in [6, 6.07) is 3.86. The van der Waals surface area contributed by atoms with E-state index in [1.54, 1.807) is 11.1 Å². The maximum atomic E-state index is 12.5. The van der Waals surface area contributed by atoms with Crippen molar-refractivity contribution in [2.75, 3.05) is 38.2 Å². The summed E-state index contributed by atoms with van der Waals surface area (Å²) in [5, 5.41) is 2.96. The van der Waals surface area contributed by atoms with Crippen molar-refractivity contribution < 1.29 is 14.3 Å². The van der Waals surface area contributed by atoms with Crippen LogP contribution in [0.15, 0.2) is 18.3 Å². The van der Waals surface area contributed by atoms with Crippen LogP contribution in [0.3, 0.4) is 0 Å². The molecule has 26 heavy (non-hydrogen) atoms. The van der Waals surface area contributed by atoms with Crippen LogP contribution in [0.1, 0.15) is 37.7 Å². The summed E-state index contributed by atoms with van der Waals surface area (Å²) in [7, 11) is 1.39. The lowest BCUT2D eigenvalue weighted by molar-refractivity contribution is -0.146. The highest BCUT2D eigenvalue weighted by molar-refractivity contribution is 5.77. The molecule has 2 aliphatic heterocycles. The molecule has 1 N–H and O–H groups in total. The molecule has 7 nitrogen and oxygen atoms in total. The first-order valence-corrected chi connectivity index (χ1v) is 9.48. The van der Waals surface area contributed by atoms with E-state index in [2.05, 4.69) is 21.3 Å². The number of hydrogen-bond donors (Lipinski definition) is 1. The number of amides is 2. The zero-order valence-electron chi connectivity index (χ0n) is 15.4. The van der Waals surface area contributed by atoms with Gasteiger partial charge in [-0.1, -0.05) is 0 Å². The number of nitrogens with zero attached hydrogens (tertiary/aromatic N) is 3. The number of piperidine rings is 2. The van der Waals surface area contributed by atoms with Gasteiger partial charge in [-0.2, -0.15) is 0 Å². The molecule has 2 fully saturated rings. The van der Waals surface area contributed by atoms with Gasteiger partial charge in [0.1, 0.15) is 5.82 Å². The van der Waals surface area contributed by atoms with Gasteiger partial charge in [0.05, 0.1) is 13.0 Å². The lowest BCUT2D eigenvalue weighted by Crippen LogP contribution is -2.47. The molecule has 3 rings (SSSR count). The van der Waals surface area contributed by atoms with Crippen LogP contribution in [0, 0.1) is 5.92 Å². The van der Waals surface area contributed by atoms with E-state index in [0.29, 0.717) is 19.6 Å². The smallest absolute Gasteiger partial charge is 0.317 e. The minimum Gasteiger partial charge on any atom is -0.469 e. The van der Waals surface area contributed by atoms with Crippen molar-refractivity contribution in [1.82, 2.24) is 15.2 Å². The Morgan fingerprint density at radius 1 is 1.23 bits per heavy atom. The second-order valence-electron chi connectivity index (χ2n) is 7.04. The Hall–Kier alpha value is -2.31. The number of nitrogens with one attached hydrogen (secondary N) is 1. The minimum absolute atomic E-state index is 0.130. The summed E-state index contributed by atoms with van der Waals surface area (Å²) in [6.07, 6.45) is 7.10. The lowest BCUT2D eigenvalue weighted by atomic mass is 9.98. The highest BCUT2D eigenvalue weighted by Gasteiger charge is 2.28. The first-order chi connectivity index (χ1) is 12.7. The summed E-state index contributed by atoms with van der Waals surface area (Å²) in [6.45, 7) is 3.65. The summed E-state index contributed by atoms with van der Waals surface area (Å²) in [4.78, 5) is 32.6. The van der Waals surface area contributed by atoms with E-state index in [4.69, 9.17) is 4.74 Å². The average Bonchev–Trinajstić information content (AvgIpc) is 2.72. The van der Waals surface area contributed by atoms with Gasteiger partial charge >= 0.3 is 12.0 Å². The highest BCUT2D eigenvalue weighted by Crippen LogP contribution is 2.19. The fourth-order valence-electron chi connectivity index (χ4n) is 3.68. The van der Waals surface area contributed by atoms with E-state index in [-0.39, 0.29) is 17.9 Å². The van der Waals surface area contributed by atoms with Crippen molar-refractivity contribution in [3.8, 4) is 0 Å². The molecular formula is C19H28N4O3. The number of pyridine rings is 1. The molecule has 0 aromatic carbocycles. The largest absolute Gasteiger partial charge is 0.469 e. The fraction of sp³-hybridized carbons (Fsp3) is 0.632. The van der Waals surface area contributed by atoms with Crippen LogP contribution in [0.5, 0.6) is 0 Å². The molecule has 0 spiro atoms. The van der Waals surface area contributed by atoms with Crippen molar-refractivity contribution in [1.29, 1.82) is 0 Å². The van der Waals surface area contributed by atoms with E-state index in [0.717, 1.165) is 37.3 Å². The Kier molecular flexibility index (Phi) is 6.30. The van der Waals surface area contributed by atoms with E-state index in [1.165, 1.54) is 26.4 Å². The molecule has 0 aliphatic carbocycles. The van der Waals surface area contributed by atoms with Gasteiger partial charge in [-0.3, -0.25) is 4.79 Å². The number of urea groups is 1. The molecule has 0 bridgehead atoms. The Bertz CT molecular complexity index is 631. The SMILES string of the molecule is COC(=O)C1CCCN(C(=O)NCc2ccnc(N3CCCCC3)c2)C1. The van der Waals surface area contributed by atoms with Crippen LogP contribution in [0.25, 0.3) is 0 Å². The number of methoxy groups -OCH3 is 1. The molecule has 1 unspecified atom stereocenters. The van der Waals surface area contributed by atoms with Crippen LogP contribution in [-0.4, -0.2) is 55.2 Å². The normalized spacial score (nSPS) is 20.6. The van der Waals surface area contributed by atoms with Gasteiger partial charge in [-0.15, -0.1) is 0 Å². The molecular weight excluding hydrogens is 332 g/mol. The van der Waals surface area contributed by atoms with E-state index in [1.807, 2.05) is 6.07 Å². The van der Waals surface area contributed by atoms with Crippen molar-refractivity contribution in [3.63, 3.8) is 0 Å². The topological polar surface area (TPSA) is 74.8 Å². The van der Waals surface area contributed by atoms with E-state index in [9.17, 15) is 9.59 Å². The fourth-order valence-corrected chi connectivity index (χ4v) is 3.68. The van der Waals surface area contributed by atoms with Gasteiger partial charge in [0.15, 0.2) is 0 Å². The number of anilines is 1. The molecule has 2 aliphatic rings. The number of likely N-dealkylation sites (tertiary alicyclic amines) is 1. The van der Waals surface area contributed by atoms with Gasteiger partial charge in [-0.25, -0.2) is 9.78 Å². The van der Waals surface area contributed by atoms with Gasteiger partial charge in [0, 0.05) is 38.9 Å². The number of ether oxygens (including phenoxy) is 1. The molecule has 0 saturated carbocycles. The van der Waals surface area contributed by atoms with Gasteiger partial charge in [0.2, 0.25) is 0 Å². The molecule has 1 atom stereocenters. The highest BCUT2D eigenvalue weighted by atomic mass is 16.5. The van der Waals surface area contributed by atoms with Crippen LogP contribution in [0.4, 0.5) is 10.6 Å². The summed E-state index contributed by atoms with van der Waals surface area (Å²) >= 11 is 0. The first-order valence-electron chi connectivity index (χ1n) is 9.48. The van der Waals surface area contributed by atoms with Crippen LogP contribution >= 0.6 is 0 Å². The Morgan fingerprint density at radius 2 is 2.04 bits per heavy atom. The Morgan fingerprint density at radius 3 is 2.81 bits per heavy atom. The monoisotopic (exact) mass is 360 g/mol. The van der Waals surface area contributed by atoms with Crippen LogP contribution in [-0.2, 0) is 16.1 Å². The number of esters is 1. The molecule has 7 heteroatoms. The van der Waals surface area contributed by atoms with Crippen LogP contribution < -0.4 is 10.2 Å². The van der Waals surface area contributed by atoms with Crippen molar-refractivity contribution in [2.24, 2.45) is 5.92 Å². The molecule has 142 valence electrons. The molecule has 1 aromatic rings. The Labute approximate surface area is 154 Å². The van der Waals surface area contributed by atoms with Gasteiger partial charge < -0.3 is 19.9 Å². The number of carbonyl (C=O) groups is 2. The first kappa shape index (κ1) is 18.5. The maximum Gasteiger partial charge on any atom is 0.317 e. The second-order valence-corrected chi connectivity index (χ2v) is 7.04. The molecule has 3 heterocycles. The summed E-state index contributed by atoms with van der Waals surface area (Å²) < 4.78 is 4.81. The maximum absolute atomic E-state index is 12.5. The number of rotatable bonds is 4. The third kappa shape index (κ3) is 4.65. The molecule has 0 radical (unpaired) electrons. The quantitative estimate of drug-likeness (QED) is 0.833. The summed E-state index contributed by atoms with van der Waals surface area (Å²) in [5.41, 5.74) is 1.04. The Balaban J connectivity index is 1.53.